The molecule has 0 saturated carbocycles. The lowest BCUT2D eigenvalue weighted by Crippen LogP contribution is -2.08. The number of aliphatic hydroxyl groups excluding tert-OH is 1. The fourth-order valence-corrected chi connectivity index (χ4v) is 1.75. The second kappa shape index (κ2) is 6.89. The first-order valence-corrected chi connectivity index (χ1v) is 6.23. The smallest absolute Gasteiger partial charge is 0.125 e. The predicted molar refractivity (Wildman–Crippen MR) is 68.6 cm³/mol. The van der Waals surface area contributed by atoms with Crippen LogP contribution in [0, 0.1) is 0 Å². The number of ether oxygens (including phenoxy) is 1. The van der Waals surface area contributed by atoms with Crippen LogP contribution in [0.15, 0.2) is 22.7 Å². The van der Waals surface area contributed by atoms with Gasteiger partial charge in [0.1, 0.15) is 5.75 Å². The molecule has 1 aromatic carbocycles. The van der Waals surface area contributed by atoms with E-state index in [9.17, 15) is 0 Å². The molecule has 4 heteroatoms. The summed E-state index contributed by atoms with van der Waals surface area (Å²) in [6.07, 6.45) is 1.61. The van der Waals surface area contributed by atoms with Gasteiger partial charge in [-0.2, -0.15) is 0 Å². The summed E-state index contributed by atoms with van der Waals surface area (Å²) >= 11 is 3.41. The molecule has 0 aromatic heterocycles. The van der Waals surface area contributed by atoms with Crippen LogP contribution in [0.2, 0.25) is 0 Å². The Bertz CT molecular complexity index is 329. The molecule has 1 rings (SSSR count). The van der Waals surface area contributed by atoms with Crippen molar-refractivity contribution in [1.82, 2.24) is 0 Å². The number of unbranched alkanes of at least 4 members (excludes halogenated alkanes) is 1. The van der Waals surface area contributed by atoms with Crippen LogP contribution in [-0.4, -0.2) is 18.3 Å². The molecule has 1 atom stereocenters. The SMILES string of the molecule is CC(N)c1ccc(Br)cc1OCCCCO. The quantitative estimate of drug-likeness (QED) is 0.791. The standard InChI is InChI=1S/C12H18BrNO2/c1-9(14)11-5-4-10(13)8-12(11)16-7-3-2-6-15/h4-5,8-9,15H,2-3,6-7,14H2,1H3. The van der Waals surface area contributed by atoms with Crippen molar-refractivity contribution in [2.45, 2.75) is 25.8 Å². The van der Waals surface area contributed by atoms with Crippen LogP contribution < -0.4 is 10.5 Å². The summed E-state index contributed by atoms with van der Waals surface area (Å²) in [5, 5.41) is 8.67. The van der Waals surface area contributed by atoms with Crippen LogP contribution >= 0.6 is 15.9 Å². The van der Waals surface area contributed by atoms with E-state index < -0.39 is 0 Å². The van der Waals surface area contributed by atoms with Gasteiger partial charge in [-0.05, 0) is 31.9 Å². The van der Waals surface area contributed by atoms with Gasteiger partial charge in [-0.25, -0.2) is 0 Å². The van der Waals surface area contributed by atoms with Gasteiger partial charge in [0.15, 0.2) is 0 Å². The molecule has 0 spiro atoms. The molecule has 0 fully saturated rings. The van der Waals surface area contributed by atoms with Crippen LogP contribution in [0.3, 0.4) is 0 Å². The van der Waals surface area contributed by atoms with E-state index in [4.69, 9.17) is 15.6 Å². The van der Waals surface area contributed by atoms with Crippen molar-refractivity contribution >= 4 is 15.9 Å². The fourth-order valence-electron chi connectivity index (χ4n) is 1.41. The Morgan fingerprint density at radius 2 is 2.19 bits per heavy atom. The first-order valence-electron chi connectivity index (χ1n) is 5.44. The average molecular weight is 288 g/mol. The van der Waals surface area contributed by atoms with Crippen LogP contribution in [0.4, 0.5) is 0 Å². The zero-order valence-electron chi connectivity index (χ0n) is 9.45. The summed E-state index contributed by atoms with van der Waals surface area (Å²) < 4.78 is 6.64. The number of hydrogen-bond donors (Lipinski definition) is 2. The van der Waals surface area contributed by atoms with Crippen molar-refractivity contribution in [3.8, 4) is 5.75 Å². The van der Waals surface area contributed by atoms with Crippen molar-refractivity contribution in [3.63, 3.8) is 0 Å². The molecule has 0 aliphatic rings. The predicted octanol–water partition coefficient (Wildman–Crippen LogP) is 2.62. The average Bonchev–Trinajstić information content (AvgIpc) is 2.24. The Hall–Kier alpha value is -0.580. The van der Waals surface area contributed by atoms with Crippen molar-refractivity contribution < 1.29 is 9.84 Å². The van der Waals surface area contributed by atoms with E-state index in [1.165, 1.54) is 0 Å². The highest BCUT2D eigenvalue weighted by Gasteiger charge is 2.08. The minimum Gasteiger partial charge on any atom is -0.493 e. The highest BCUT2D eigenvalue weighted by Crippen LogP contribution is 2.27. The zero-order chi connectivity index (χ0) is 12.0. The van der Waals surface area contributed by atoms with Gasteiger partial charge in [-0.1, -0.05) is 22.0 Å². The molecule has 0 heterocycles. The Morgan fingerprint density at radius 3 is 2.81 bits per heavy atom. The molecule has 3 N–H and O–H groups in total. The summed E-state index contributed by atoms with van der Waals surface area (Å²) in [5.74, 6) is 0.822. The number of rotatable bonds is 6. The van der Waals surface area contributed by atoms with E-state index in [0.717, 1.165) is 28.6 Å². The third-order valence-electron chi connectivity index (χ3n) is 2.28. The van der Waals surface area contributed by atoms with Crippen molar-refractivity contribution in [1.29, 1.82) is 0 Å². The normalized spacial score (nSPS) is 12.5. The van der Waals surface area contributed by atoms with E-state index in [2.05, 4.69) is 15.9 Å². The summed E-state index contributed by atoms with van der Waals surface area (Å²) in [4.78, 5) is 0. The molecule has 3 nitrogen and oxygen atoms in total. The molecule has 1 aromatic rings. The third-order valence-corrected chi connectivity index (χ3v) is 2.77. The van der Waals surface area contributed by atoms with E-state index >= 15 is 0 Å². The lowest BCUT2D eigenvalue weighted by Gasteiger charge is -2.14. The van der Waals surface area contributed by atoms with Crippen LogP contribution in [0.1, 0.15) is 31.4 Å². The number of nitrogens with two attached hydrogens (primary N) is 1. The van der Waals surface area contributed by atoms with Gasteiger partial charge >= 0.3 is 0 Å². The van der Waals surface area contributed by atoms with Gasteiger partial charge in [0.2, 0.25) is 0 Å². The number of aliphatic hydroxyl groups is 1. The molecule has 16 heavy (non-hydrogen) atoms. The second-order valence-electron chi connectivity index (χ2n) is 3.75. The van der Waals surface area contributed by atoms with E-state index in [1.54, 1.807) is 0 Å². The maximum atomic E-state index is 8.67. The monoisotopic (exact) mass is 287 g/mol. The number of halogens is 1. The molecule has 0 bridgehead atoms. The number of benzene rings is 1. The molecule has 0 radical (unpaired) electrons. The Labute approximate surface area is 105 Å². The molecule has 0 aliphatic carbocycles. The molecular formula is C12H18BrNO2. The highest BCUT2D eigenvalue weighted by atomic mass is 79.9. The molecule has 0 amide bonds. The Kier molecular flexibility index (Phi) is 5.80. The lowest BCUT2D eigenvalue weighted by atomic mass is 10.1. The van der Waals surface area contributed by atoms with Gasteiger partial charge in [0.05, 0.1) is 6.61 Å². The van der Waals surface area contributed by atoms with Crippen molar-refractivity contribution in [2.75, 3.05) is 13.2 Å². The third kappa shape index (κ3) is 4.12. The molecule has 0 aliphatic heterocycles. The van der Waals surface area contributed by atoms with Gasteiger partial charge in [0, 0.05) is 22.7 Å². The van der Waals surface area contributed by atoms with Gasteiger partial charge in [-0.15, -0.1) is 0 Å². The largest absolute Gasteiger partial charge is 0.493 e. The fraction of sp³-hybridized carbons (Fsp3) is 0.500. The molecule has 1 unspecified atom stereocenters. The van der Waals surface area contributed by atoms with Crippen LogP contribution in [-0.2, 0) is 0 Å². The first-order chi connectivity index (χ1) is 7.65. The van der Waals surface area contributed by atoms with Crippen LogP contribution in [0.25, 0.3) is 0 Å². The van der Waals surface area contributed by atoms with Crippen molar-refractivity contribution in [2.24, 2.45) is 5.73 Å². The van der Waals surface area contributed by atoms with E-state index in [-0.39, 0.29) is 12.6 Å². The van der Waals surface area contributed by atoms with Gasteiger partial charge < -0.3 is 15.6 Å². The van der Waals surface area contributed by atoms with Gasteiger partial charge in [0.25, 0.3) is 0 Å². The second-order valence-corrected chi connectivity index (χ2v) is 4.67. The number of hydrogen-bond acceptors (Lipinski definition) is 3. The van der Waals surface area contributed by atoms with Crippen molar-refractivity contribution in [3.05, 3.63) is 28.2 Å². The summed E-state index contributed by atoms with van der Waals surface area (Å²) in [6.45, 7) is 2.75. The minimum atomic E-state index is -0.0408. The molecular weight excluding hydrogens is 270 g/mol. The highest BCUT2D eigenvalue weighted by molar-refractivity contribution is 9.10. The summed E-state index contributed by atoms with van der Waals surface area (Å²) in [5.41, 5.74) is 6.87. The lowest BCUT2D eigenvalue weighted by molar-refractivity contribution is 0.252. The maximum Gasteiger partial charge on any atom is 0.125 e. The molecule has 0 saturated heterocycles. The Balaban J connectivity index is 2.65. The van der Waals surface area contributed by atoms with E-state index in [0.29, 0.717) is 6.61 Å². The minimum absolute atomic E-state index is 0.0408. The Morgan fingerprint density at radius 1 is 1.44 bits per heavy atom. The maximum absolute atomic E-state index is 8.67. The zero-order valence-corrected chi connectivity index (χ0v) is 11.0. The molecule has 90 valence electrons. The van der Waals surface area contributed by atoms with Crippen LogP contribution in [0.5, 0.6) is 5.75 Å². The summed E-state index contributed by atoms with van der Waals surface area (Å²) in [7, 11) is 0. The van der Waals surface area contributed by atoms with Gasteiger partial charge in [-0.3, -0.25) is 0 Å². The first kappa shape index (κ1) is 13.5. The van der Waals surface area contributed by atoms with E-state index in [1.807, 2.05) is 25.1 Å². The topological polar surface area (TPSA) is 55.5 Å². The summed E-state index contributed by atoms with van der Waals surface area (Å²) in [6, 6.07) is 5.81.